The van der Waals surface area contributed by atoms with E-state index in [2.05, 4.69) is 45.0 Å². The highest BCUT2D eigenvalue weighted by Gasteiger charge is 2.14. The molecule has 0 unspecified atom stereocenters. The van der Waals surface area contributed by atoms with Gasteiger partial charge in [0.1, 0.15) is 5.75 Å². The Bertz CT molecular complexity index is 888. The molecule has 0 amide bonds. The number of para-hydroxylation sites is 1. The number of esters is 1. The van der Waals surface area contributed by atoms with Crippen molar-refractivity contribution in [2.45, 2.75) is 39.0 Å². The Kier molecular flexibility index (Phi) is 5.75. The molecule has 0 saturated heterocycles. The summed E-state index contributed by atoms with van der Waals surface area (Å²) in [7, 11) is 0. The van der Waals surface area contributed by atoms with Gasteiger partial charge in [-0.2, -0.15) is 0 Å². The lowest BCUT2D eigenvalue weighted by Crippen LogP contribution is -2.11. The van der Waals surface area contributed by atoms with E-state index in [4.69, 9.17) is 4.74 Å². The lowest BCUT2D eigenvalue weighted by atomic mass is 9.86. The Labute approximate surface area is 161 Å². The van der Waals surface area contributed by atoms with Crippen molar-refractivity contribution in [2.24, 2.45) is 0 Å². The molecule has 27 heavy (non-hydrogen) atoms. The molecule has 0 spiro atoms. The predicted molar refractivity (Wildman–Crippen MR) is 111 cm³/mol. The summed E-state index contributed by atoms with van der Waals surface area (Å²) < 4.78 is 5.66. The van der Waals surface area contributed by atoms with Crippen LogP contribution in [-0.2, 0) is 16.6 Å². The number of rotatable bonds is 5. The number of hydrogen-bond donors (Lipinski definition) is 0. The van der Waals surface area contributed by atoms with Crippen LogP contribution < -0.4 is 4.74 Å². The van der Waals surface area contributed by atoms with Crippen LogP contribution in [0.2, 0.25) is 0 Å². The first-order valence-corrected chi connectivity index (χ1v) is 9.38. The van der Waals surface area contributed by atoms with Gasteiger partial charge in [0.2, 0.25) is 0 Å². The normalized spacial score (nSPS) is 11.2. The van der Waals surface area contributed by atoms with Crippen molar-refractivity contribution in [2.75, 3.05) is 0 Å². The van der Waals surface area contributed by atoms with Crippen molar-refractivity contribution in [3.05, 3.63) is 90.0 Å². The molecule has 0 N–H and O–H groups in total. The third-order valence-electron chi connectivity index (χ3n) is 4.63. The Morgan fingerprint density at radius 1 is 0.815 bits per heavy atom. The average molecular weight is 358 g/mol. The Balaban J connectivity index is 1.64. The number of ether oxygens (including phenoxy) is 1. The lowest BCUT2D eigenvalue weighted by molar-refractivity contribution is -0.134. The van der Waals surface area contributed by atoms with Gasteiger partial charge >= 0.3 is 5.97 Å². The van der Waals surface area contributed by atoms with E-state index in [0.717, 1.165) is 16.7 Å². The van der Waals surface area contributed by atoms with E-state index in [9.17, 15) is 4.79 Å². The second-order valence-electron chi connectivity index (χ2n) is 7.78. The zero-order valence-electron chi connectivity index (χ0n) is 16.2. The summed E-state index contributed by atoms with van der Waals surface area (Å²) in [5, 5.41) is 0. The molecule has 2 nitrogen and oxygen atoms in total. The molecule has 0 atom stereocenters. The van der Waals surface area contributed by atoms with Gasteiger partial charge in [0.25, 0.3) is 0 Å². The van der Waals surface area contributed by atoms with Crippen LogP contribution in [0, 0.1) is 0 Å². The first-order valence-electron chi connectivity index (χ1n) is 9.38. The van der Waals surface area contributed by atoms with E-state index in [1.165, 1.54) is 5.56 Å². The molecule has 0 aliphatic heterocycles. The van der Waals surface area contributed by atoms with Crippen LogP contribution in [0.4, 0.5) is 0 Å². The largest absolute Gasteiger partial charge is 0.426 e. The Morgan fingerprint density at radius 3 is 2.11 bits per heavy atom. The molecule has 0 fully saturated rings. The third-order valence-corrected chi connectivity index (χ3v) is 4.63. The quantitative estimate of drug-likeness (QED) is 0.401. The lowest BCUT2D eigenvalue weighted by Gasteiger charge is -2.19. The molecule has 0 aliphatic rings. The van der Waals surface area contributed by atoms with Gasteiger partial charge in [-0.05, 0) is 34.6 Å². The predicted octanol–water partition coefficient (Wildman–Crippen LogP) is 6.19. The number of aryl methyl sites for hydroxylation is 1. The minimum absolute atomic E-state index is 0.138. The summed E-state index contributed by atoms with van der Waals surface area (Å²) in [6, 6.07) is 26.1. The molecule has 3 aromatic rings. The molecule has 0 aromatic heterocycles. The highest BCUT2D eigenvalue weighted by atomic mass is 16.5. The molecular weight excluding hydrogens is 332 g/mol. The van der Waals surface area contributed by atoms with Crippen molar-refractivity contribution < 1.29 is 9.53 Å². The first-order chi connectivity index (χ1) is 12.9. The van der Waals surface area contributed by atoms with Gasteiger partial charge in [-0.25, -0.2) is 0 Å². The number of hydrogen-bond acceptors (Lipinski definition) is 2. The minimum Gasteiger partial charge on any atom is -0.426 e. The summed E-state index contributed by atoms with van der Waals surface area (Å²) in [5.74, 6) is 0.398. The summed E-state index contributed by atoms with van der Waals surface area (Å²) >= 11 is 0. The molecule has 0 radical (unpaired) electrons. The van der Waals surface area contributed by atoms with Gasteiger partial charge in [-0.1, -0.05) is 93.6 Å². The molecule has 2 heteroatoms. The third kappa shape index (κ3) is 5.07. The maximum Gasteiger partial charge on any atom is 0.311 e. The molecule has 3 rings (SSSR count). The van der Waals surface area contributed by atoms with E-state index in [1.54, 1.807) is 0 Å². The van der Waals surface area contributed by atoms with Crippen molar-refractivity contribution in [3.8, 4) is 16.9 Å². The summed E-state index contributed by atoms with van der Waals surface area (Å²) in [5.41, 5.74) is 4.56. The highest BCUT2D eigenvalue weighted by Crippen LogP contribution is 2.30. The number of carbonyl (C=O) groups is 1. The van der Waals surface area contributed by atoms with Crippen LogP contribution in [0.25, 0.3) is 11.1 Å². The van der Waals surface area contributed by atoms with E-state index in [0.29, 0.717) is 18.6 Å². The standard InChI is InChI=1S/C25H26O2/c1-25(2,3)21-16-13-19(14-17-21)15-18-24(26)27-23-12-8-7-11-22(23)20-9-5-4-6-10-20/h4-14,16-17H,15,18H2,1-3H3. The smallest absolute Gasteiger partial charge is 0.311 e. The summed E-state index contributed by atoms with van der Waals surface area (Å²) in [6.45, 7) is 6.59. The molecular formula is C25H26O2. The maximum absolute atomic E-state index is 12.4. The maximum atomic E-state index is 12.4. The van der Waals surface area contributed by atoms with E-state index in [-0.39, 0.29) is 11.4 Å². The number of carbonyl (C=O) groups excluding carboxylic acids is 1. The minimum atomic E-state index is -0.210. The molecule has 3 aromatic carbocycles. The second-order valence-corrected chi connectivity index (χ2v) is 7.78. The SMILES string of the molecule is CC(C)(C)c1ccc(CCC(=O)Oc2ccccc2-c2ccccc2)cc1. The van der Waals surface area contributed by atoms with E-state index < -0.39 is 0 Å². The number of benzene rings is 3. The topological polar surface area (TPSA) is 26.3 Å². The van der Waals surface area contributed by atoms with Crippen LogP contribution in [0.3, 0.4) is 0 Å². The second kappa shape index (κ2) is 8.22. The first kappa shape index (κ1) is 18.9. The highest BCUT2D eigenvalue weighted by molar-refractivity contribution is 5.78. The van der Waals surface area contributed by atoms with Crippen LogP contribution in [0.1, 0.15) is 38.3 Å². The van der Waals surface area contributed by atoms with E-state index in [1.807, 2.05) is 54.6 Å². The molecule has 0 bridgehead atoms. The van der Waals surface area contributed by atoms with Gasteiger partial charge in [0.15, 0.2) is 0 Å². The van der Waals surface area contributed by atoms with Gasteiger partial charge in [-0.3, -0.25) is 4.79 Å². The molecule has 0 heterocycles. The van der Waals surface area contributed by atoms with Crippen LogP contribution in [-0.4, -0.2) is 5.97 Å². The van der Waals surface area contributed by atoms with Crippen molar-refractivity contribution in [1.29, 1.82) is 0 Å². The Hall–Kier alpha value is -2.87. The van der Waals surface area contributed by atoms with E-state index >= 15 is 0 Å². The fourth-order valence-corrected chi connectivity index (χ4v) is 3.00. The monoisotopic (exact) mass is 358 g/mol. The Morgan fingerprint density at radius 2 is 1.44 bits per heavy atom. The van der Waals surface area contributed by atoms with Crippen LogP contribution in [0.5, 0.6) is 5.75 Å². The van der Waals surface area contributed by atoms with Crippen molar-refractivity contribution >= 4 is 5.97 Å². The summed E-state index contributed by atoms with van der Waals surface area (Å²) in [6.07, 6.45) is 1.04. The van der Waals surface area contributed by atoms with Crippen LogP contribution in [0.15, 0.2) is 78.9 Å². The average Bonchev–Trinajstić information content (AvgIpc) is 2.67. The van der Waals surface area contributed by atoms with Crippen molar-refractivity contribution in [3.63, 3.8) is 0 Å². The fourth-order valence-electron chi connectivity index (χ4n) is 3.00. The van der Waals surface area contributed by atoms with Crippen molar-refractivity contribution in [1.82, 2.24) is 0 Å². The molecule has 0 saturated carbocycles. The fraction of sp³-hybridized carbons (Fsp3) is 0.240. The zero-order valence-corrected chi connectivity index (χ0v) is 16.2. The van der Waals surface area contributed by atoms with Gasteiger partial charge in [0, 0.05) is 12.0 Å². The summed E-state index contributed by atoms with van der Waals surface area (Å²) in [4.78, 5) is 12.4. The van der Waals surface area contributed by atoms with Gasteiger partial charge < -0.3 is 4.74 Å². The molecule has 0 aliphatic carbocycles. The van der Waals surface area contributed by atoms with Gasteiger partial charge in [0.05, 0.1) is 0 Å². The zero-order chi connectivity index (χ0) is 19.3. The van der Waals surface area contributed by atoms with Gasteiger partial charge in [-0.15, -0.1) is 0 Å². The van der Waals surface area contributed by atoms with Crippen LogP contribution >= 0.6 is 0 Å². The molecule has 138 valence electrons.